The minimum atomic E-state index is 0.574. The molecule has 0 spiro atoms. The third-order valence-electron chi connectivity index (χ3n) is 10.6. The minimum absolute atomic E-state index is 0.574. The molecule has 0 fully saturated rings. The Morgan fingerprint density at radius 3 is 1.81 bits per heavy atom. The van der Waals surface area contributed by atoms with Crippen molar-refractivity contribution in [1.29, 1.82) is 0 Å². The molecule has 0 amide bonds. The van der Waals surface area contributed by atoms with E-state index in [0.717, 1.165) is 75.8 Å². The molecule has 57 heavy (non-hydrogen) atoms. The summed E-state index contributed by atoms with van der Waals surface area (Å²) >= 11 is 3.50. The van der Waals surface area contributed by atoms with Gasteiger partial charge in [-0.2, -0.15) is 0 Å². The highest BCUT2D eigenvalue weighted by molar-refractivity contribution is 7.26. The standard InChI is InChI=1S/C49H27N5OS2/c1-3-13-28(14-4-1)42-45-43(33-18-8-10-24-40(33)57-45)51-47(50-42)30-25-26-37-36(27-30)41-34(20-12-22-38(41)55-37)48-52-46(29-15-5-2-6-16-29)53-49(54-48)35-21-11-19-32-31-17-7-9-23-39(31)56-44(32)35/h1-27H. The average Bonchev–Trinajstić information content (AvgIpc) is 3.97. The molecular formula is C49H27N5OS2. The van der Waals surface area contributed by atoms with E-state index in [-0.39, 0.29) is 0 Å². The van der Waals surface area contributed by atoms with Crippen LogP contribution in [0.5, 0.6) is 0 Å². The van der Waals surface area contributed by atoms with Crippen molar-refractivity contribution in [2.75, 3.05) is 0 Å². The lowest BCUT2D eigenvalue weighted by Gasteiger charge is -2.10. The molecule has 6 nitrogen and oxygen atoms in total. The van der Waals surface area contributed by atoms with Gasteiger partial charge in [-0.15, -0.1) is 22.7 Å². The van der Waals surface area contributed by atoms with Crippen LogP contribution in [0.25, 0.3) is 119 Å². The van der Waals surface area contributed by atoms with Crippen LogP contribution < -0.4 is 0 Å². The maximum Gasteiger partial charge on any atom is 0.165 e. The smallest absolute Gasteiger partial charge is 0.165 e. The van der Waals surface area contributed by atoms with E-state index in [2.05, 4.69) is 109 Å². The fraction of sp³-hybridized carbons (Fsp3) is 0. The lowest BCUT2D eigenvalue weighted by molar-refractivity contribution is 0.669. The van der Waals surface area contributed by atoms with Gasteiger partial charge in [-0.25, -0.2) is 24.9 Å². The molecule has 0 aliphatic rings. The Balaban J connectivity index is 1.08. The van der Waals surface area contributed by atoms with Gasteiger partial charge >= 0.3 is 0 Å². The third-order valence-corrected chi connectivity index (χ3v) is 13.0. The van der Waals surface area contributed by atoms with E-state index in [4.69, 9.17) is 29.3 Å². The molecule has 7 aromatic carbocycles. The van der Waals surface area contributed by atoms with Crippen LogP contribution in [0.1, 0.15) is 0 Å². The summed E-state index contributed by atoms with van der Waals surface area (Å²) < 4.78 is 11.2. The number of hydrogen-bond donors (Lipinski definition) is 0. The van der Waals surface area contributed by atoms with Gasteiger partial charge < -0.3 is 4.42 Å². The molecule has 5 aromatic heterocycles. The summed E-state index contributed by atoms with van der Waals surface area (Å²) in [7, 11) is 0. The summed E-state index contributed by atoms with van der Waals surface area (Å²) in [5.41, 5.74) is 8.10. The highest BCUT2D eigenvalue weighted by atomic mass is 32.1. The molecule has 0 saturated carbocycles. The Bertz CT molecular complexity index is 3540. The molecule has 0 atom stereocenters. The van der Waals surface area contributed by atoms with E-state index in [1.165, 1.54) is 20.2 Å². The first-order chi connectivity index (χ1) is 28.2. The summed E-state index contributed by atoms with van der Waals surface area (Å²) in [5, 5.41) is 5.41. The number of hydrogen-bond acceptors (Lipinski definition) is 8. The van der Waals surface area contributed by atoms with E-state index in [9.17, 15) is 0 Å². The fourth-order valence-corrected chi connectivity index (χ4v) is 10.3. The molecular weight excluding hydrogens is 739 g/mol. The Kier molecular flexibility index (Phi) is 7.17. The van der Waals surface area contributed by atoms with Gasteiger partial charge in [0.05, 0.1) is 15.9 Å². The Labute approximate surface area is 333 Å². The van der Waals surface area contributed by atoms with Crippen LogP contribution in [0.2, 0.25) is 0 Å². The van der Waals surface area contributed by atoms with Gasteiger partial charge in [-0.3, -0.25) is 0 Å². The van der Waals surface area contributed by atoms with Crippen molar-refractivity contribution in [3.63, 3.8) is 0 Å². The van der Waals surface area contributed by atoms with Gasteiger partial charge in [0.1, 0.15) is 11.2 Å². The third kappa shape index (κ3) is 5.19. The zero-order chi connectivity index (χ0) is 37.5. The van der Waals surface area contributed by atoms with Crippen molar-refractivity contribution >= 4 is 85.1 Å². The molecule has 0 radical (unpaired) electrons. The molecule has 0 aliphatic heterocycles. The number of benzene rings is 7. The SMILES string of the molecule is c1ccc(-c2nc(-c3cccc4c3sc3ccccc34)nc(-c3cccc4oc5ccc(-c6nc(-c7ccccc7)c7sc8ccccc8c7n6)cc5c34)n2)cc1. The quantitative estimate of drug-likeness (QED) is 0.174. The van der Waals surface area contributed by atoms with Crippen molar-refractivity contribution < 1.29 is 4.42 Å². The van der Waals surface area contributed by atoms with Crippen molar-refractivity contribution in [3.05, 3.63) is 164 Å². The first kappa shape index (κ1) is 32.1. The summed E-state index contributed by atoms with van der Waals surface area (Å²) in [6, 6.07) is 56.2. The van der Waals surface area contributed by atoms with E-state index >= 15 is 0 Å². The molecule has 0 N–H and O–H groups in total. The van der Waals surface area contributed by atoms with Gasteiger partial charge in [-0.05, 0) is 42.5 Å². The second-order valence-corrected chi connectivity index (χ2v) is 16.1. The first-order valence-electron chi connectivity index (χ1n) is 18.7. The summed E-state index contributed by atoms with van der Waals surface area (Å²) in [4.78, 5) is 26.0. The second-order valence-electron chi connectivity index (χ2n) is 14.0. The second kappa shape index (κ2) is 12.7. The van der Waals surface area contributed by atoms with Gasteiger partial charge in [0.15, 0.2) is 23.3 Å². The number of fused-ring (bicyclic) bond motifs is 9. The molecule has 0 aliphatic carbocycles. The van der Waals surface area contributed by atoms with Crippen LogP contribution in [-0.4, -0.2) is 24.9 Å². The number of rotatable bonds is 5. The van der Waals surface area contributed by atoms with Crippen LogP contribution in [-0.2, 0) is 0 Å². The number of furan rings is 1. The lowest BCUT2D eigenvalue weighted by atomic mass is 10.0. The van der Waals surface area contributed by atoms with Crippen LogP contribution in [0.4, 0.5) is 0 Å². The van der Waals surface area contributed by atoms with E-state index in [0.29, 0.717) is 23.3 Å². The number of thiophene rings is 2. The average molecular weight is 766 g/mol. The molecule has 0 bridgehead atoms. The van der Waals surface area contributed by atoms with Crippen LogP contribution in [0, 0.1) is 0 Å². The van der Waals surface area contributed by atoms with E-state index in [1.807, 2.05) is 54.6 Å². The molecule has 8 heteroatoms. The number of aromatic nitrogens is 5. The van der Waals surface area contributed by atoms with Gasteiger partial charge in [-0.1, -0.05) is 121 Å². The molecule has 0 unspecified atom stereocenters. The van der Waals surface area contributed by atoms with Crippen molar-refractivity contribution in [3.8, 4) is 56.8 Å². The maximum atomic E-state index is 6.53. The van der Waals surface area contributed by atoms with Gasteiger partial charge in [0, 0.05) is 68.8 Å². The molecule has 5 heterocycles. The molecule has 12 rings (SSSR count). The summed E-state index contributed by atoms with van der Waals surface area (Å²) in [6.07, 6.45) is 0. The molecule has 266 valence electrons. The zero-order valence-corrected chi connectivity index (χ0v) is 31.7. The van der Waals surface area contributed by atoms with Crippen LogP contribution in [0.3, 0.4) is 0 Å². The van der Waals surface area contributed by atoms with E-state index < -0.39 is 0 Å². The topological polar surface area (TPSA) is 77.6 Å². The van der Waals surface area contributed by atoms with Gasteiger partial charge in [0.2, 0.25) is 0 Å². The first-order valence-corrected chi connectivity index (χ1v) is 20.3. The largest absolute Gasteiger partial charge is 0.456 e. The molecule has 12 aromatic rings. The summed E-state index contributed by atoms with van der Waals surface area (Å²) in [5.74, 6) is 2.46. The fourth-order valence-electron chi connectivity index (χ4n) is 7.92. The highest BCUT2D eigenvalue weighted by Gasteiger charge is 2.21. The normalized spacial score (nSPS) is 11.9. The minimum Gasteiger partial charge on any atom is -0.456 e. The maximum absolute atomic E-state index is 6.53. The predicted molar refractivity (Wildman–Crippen MR) is 236 cm³/mol. The Morgan fingerprint density at radius 1 is 0.368 bits per heavy atom. The zero-order valence-electron chi connectivity index (χ0n) is 30.0. The van der Waals surface area contributed by atoms with Crippen LogP contribution >= 0.6 is 22.7 Å². The Morgan fingerprint density at radius 2 is 0.982 bits per heavy atom. The van der Waals surface area contributed by atoms with Crippen LogP contribution in [0.15, 0.2) is 168 Å². The predicted octanol–water partition coefficient (Wildman–Crippen LogP) is 13.6. The van der Waals surface area contributed by atoms with Crippen molar-refractivity contribution in [2.45, 2.75) is 0 Å². The monoisotopic (exact) mass is 765 g/mol. The Hall–Kier alpha value is -7.13. The van der Waals surface area contributed by atoms with Crippen molar-refractivity contribution in [2.24, 2.45) is 0 Å². The number of nitrogens with zero attached hydrogens (tertiary/aromatic N) is 5. The van der Waals surface area contributed by atoms with Crippen molar-refractivity contribution in [1.82, 2.24) is 24.9 Å². The highest BCUT2D eigenvalue weighted by Crippen LogP contribution is 2.43. The van der Waals surface area contributed by atoms with Gasteiger partial charge in [0.25, 0.3) is 0 Å². The summed E-state index contributed by atoms with van der Waals surface area (Å²) in [6.45, 7) is 0. The molecule has 0 saturated heterocycles. The lowest BCUT2D eigenvalue weighted by Crippen LogP contribution is -2.00. The van der Waals surface area contributed by atoms with E-state index in [1.54, 1.807) is 22.7 Å².